The van der Waals surface area contributed by atoms with Crippen molar-refractivity contribution in [2.75, 3.05) is 39.5 Å². The largest absolute Gasteiger partial charge is 0.381 e. The summed E-state index contributed by atoms with van der Waals surface area (Å²) in [5.74, 6) is 0.794. The number of amides is 1. The molecule has 3 saturated heterocycles. The summed E-state index contributed by atoms with van der Waals surface area (Å²) in [6, 6.07) is 0. The SMILES string of the molecule is CC(=O)N1CC2(CC(OCC3CCOCC3)CCO2)C1. The first kappa shape index (κ1) is 14.3. The van der Waals surface area contributed by atoms with Crippen LogP contribution >= 0.6 is 0 Å². The molecule has 1 amide bonds. The lowest BCUT2D eigenvalue weighted by molar-refractivity contribution is -0.202. The van der Waals surface area contributed by atoms with Crippen molar-refractivity contribution in [1.82, 2.24) is 4.90 Å². The van der Waals surface area contributed by atoms with Crippen LogP contribution in [0.3, 0.4) is 0 Å². The van der Waals surface area contributed by atoms with E-state index in [1.165, 1.54) is 0 Å². The van der Waals surface area contributed by atoms with Crippen molar-refractivity contribution in [3.05, 3.63) is 0 Å². The Labute approximate surface area is 120 Å². The molecule has 0 radical (unpaired) electrons. The standard InChI is InChI=1S/C15H25NO4/c1-12(17)16-10-15(11-16)8-14(4-7-20-15)19-9-13-2-5-18-6-3-13/h13-14H,2-11H2,1H3. The van der Waals surface area contributed by atoms with E-state index in [9.17, 15) is 4.79 Å². The fourth-order valence-corrected chi connectivity index (χ4v) is 3.40. The van der Waals surface area contributed by atoms with Crippen LogP contribution in [-0.2, 0) is 19.0 Å². The predicted octanol–water partition coefficient (Wildman–Crippen LogP) is 1.21. The summed E-state index contributed by atoms with van der Waals surface area (Å²) in [6.07, 6.45) is 4.44. The molecule has 114 valence electrons. The van der Waals surface area contributed by atoms with E-state index in [1.54, 1.807) is 6.92 Å². The van der Waals surface area contributed by atoms with Gasteiger partial charge < -0.3 is 19.1 Å². The van der Waals surface area contributed by atoms with Crippen molar-refractivity contribution in [2.45, 2.75) is 44.3 Å². The number of rotatable bonds is 3. The summed E-state index contributed by atoms with van der Waals surface area (Å²) in [7, 11) is 0. The Hall–Kier alpha value is -0.650. The molecule has 20 heavy (non-hydrogen) atoms. The van der Waals surface area contributed by atoms with E-state index >= 15 is 0 Å². The molecule has 3 rings (SSSR count). The maximum atomic E-state index is 11.3. The lowest BCUT2D eigenvalue weighted by Gasteiger charge is -2.52. The highest BCUT2D eigenvalue weighted by molar-refractivity contribution is 5.74. The molecular weight excluding hydrogens is 258 g/mol. The molecule has 3 aliphatic rings. The fraction of sp³-hybridized carbons (Fsp3) is 0.933. The number of hydrogen-bond acceptors (Lipinski definition) is 4. The third kappa shape index (κ3) is 3.15. The van der Waals surface area contributed by atoms with Gasteiger partial charge in [0.05, 0.1) is 19.2 Å². The number of carbonyl (C=O) groups excluding carboxylic acids is 1. The van der Waals surface area contributed by atoms with E-state index in [2.05, 4.69) is 0 Å². The highest BCUT2D eigenvalue weighted by Gasteiger charge is 2.48. The van der Waals surface area contributed by atoms with E-state index in [1.807, 2.05) is 4.90 Å². The quantitative estimate of drug-likeness (QED) is 0.781. The Morgan fingerprint density at radius 3 is 2.70 bits per heavy atom. The minimum atomic E-state index is -0.121. The zero-order valence-electron chi connectivity index (χ0n) is 12.3. The van der Waals surface area contributed by atoms with Gasteiger partial charge in [-0.1, -0.05) is 0 Å². The number of likely N-dealkylation sites (tertiary alicyclic amines) is 1. The lowest BCUT2D eigenvalue weighted by Crippen LogP contribution is -2.67. The van der Waals surface area contributed by atoms with Crippen LogP contribution < -0.4 is 0 Å². The molecule has 3 fully saturated rings. The van der Waals surface area contributed by atoms with Gasteiger partial charge in [-0.05, 0) is 25.2 Å². The molecule has 3 aliphatic heterocycles. The Kier molecular flexibility index (Phi) is 4.29. The third-order valence-electron chi connectivity index (χ3n) is 4.76. The summed E-state index contributed by atoms with van der Waals surface area (Å²) in [5, 5.41) is 0. The molecule has 1 atom stereocenters. The second-order valence-electron chi connectivity index (χ2n) is 6.41. The van der Waals surface area contributed by atoms with Gasteiger partial charge in [0.15, 0.2) is 0 Å². The molecule has 0 aromatic rings. The number of nitrogens with zero attached hydrogens (tertiary/aromatic N) is 1. The van der Waals surface area contributed by atoms with Crippen LogP contribution in [-0.4, -0.2) is 62.0 Å². The van der Waals surface area contributed by atoms with Crippen molar-refractivity contribution in [1.29, 1.82) is 0 Å². The maximum Gasteiger partial charge on any atom is 0.219 e. The Bertz CT molecular complexity index is 348. The first-order valence-electron chi connectivity index (χ1n) is 7.76. The van der Waals surface area contributed by atoms with Crippen LogP contribution in [0.15, 0.2) is 0 Å². The zero-order chi connectivity index (χ0) is 14.0. The van der Waals surface area contributed by atoms with Gasteiger partial charge in [0.1, 0.15) is 5.60 Å². The van der Waals surface area contributed by atoms with Gasteiger partial charge in [0, 0.05) is 39.8 Å². The minimum absolute atomic E-state index is 0.121. The van der Waals surface area contributed by atoms with Gasteiger partial charge in [-0.3, -0.25) is 4.79 Å². The Morgan fingerprint density at radius 1 is 1.25 bits per heavy atom. The van der Waals surface area contributed by atoms with Crippen LogP contribution in [0.2, 0.25) is 0 Å². The minimum Gasteiger partial charge on any atom is -0.381 e. The highest BCUT2D eigenvalue weighted by atomic mass is 16.5. The molecule has 5 heteroatoms. The normalized spacial score (nSPS) is 30.2. The summed E-state index contributed by atoms with van der Waals surface area (Å²) in [5.41, 5.74) is -0.121. The van der Waals surface area contributed by atoms with Gasteiger partial charge in [-0.25, -0.2) is 0 Å². The number of hydrogen-bond donors (Lipinski definition) is 0. The highest BCUT2D eigenvalue weighted by Crippen LogP contribution is 2.35. The van der Waals surface area contributed by atoms with E-state index < -0.39 is 0 Å². The molecule has 0 aromatic carbocycles. The molecule has 3 heterocycles. The number of carbonyl (C=O) groups is 1. The van der Waals surface area contributed by atoms with Crippen LogP contribution in [0, 0.1) is 5.92 Å². The van der Waals surface area contributed by atoms with Gasteiger partial charge in [-0.2, -0.15) is 0 Å². The molecule has 0 aromatic heterocycles. The Balaban J connectivity index is 1.43. The zero-order valence-corrected chi connectivity index (χ0v) is 12.3. The van der Waals surface area contributed by atoms with Crippen molar-refractivity contribution in [3.63, 3.8) is 0 Å². The molecule has 5 nitrogen and oxygen atoms in total. The van der Waals surface area contributed by atoms with Crippen LogP contribution in [0.1, 0.15) is 32.6 Å². The molecule has 0 aliphatic carbocycles. The molecule has 0 bridgehead atoms. The van der Waals surface area contributed by atoms with Gasteiger partial charge in [0.25, 0.3) is 0 Å². The fourth-order valence-electron chi connectivity index (χ4n) is 3.40. The van der Waals surface area contributed by atoms with Crippen LogP contribution in [0.4, 0.5) is 0 Å². The molecular formula is C15H25NO4. The summed E-state index contributed by atoms with van der Waals surface area (Å²) in [4.78, 5) is 13.1. The molecule has 0 saturated carbocycles. The monoisotopic (exact) mass is 283 g/mol. The molecule has 1 unspecified atom stereocenters. The number of ether oxygens (including phenoxy) is 3. The van der Waals surface area contributed by atoms with Crippen molar-refractivity contribution in [2.24, 2.45) is 5.92 Å². The average Bonchev–Trinajstić information content (AvgIpc) is 2.44. The second-order valence-corrected chi connectivity index (χ2v) is 6.41. The van der Waals surface area contributed by atoms with E-state index in [0.29, 0.717) is 12.0 Å². The molecule has 1 spiro atoms. The lowest BCUT2D eigenvalue weighted by atomic mass is 9.84. The van der Waals surface area contributed by atoms with Crippen molar-refractivity contribution in [3.8, 4) is 0 Å². The first-order chi connectivity index (χ1) is 9.67. The third-order valence-corrected chi connectivity index (χ3v) is 4.76. The summed E-state index contributed by atoms with van der Waals surface area (Å²) in [6.45, 7) is 6.44. The average molecular weight is 283 g/mol. The molecule has 0 N–H and O–H groups in total. The van der Waals surface area contributed by atoms with Crippen molar-refractivity contribution < 1.29 is 19.0 Å². The topological polar surface area (TPSA) is 48.0 Å². The first-order valence-corrected chi connectivity index (χ1v) is 7.76. The van der Waals surface area contributed by atoms with E-state index in [-0.39, 0.29) is 11.5 Å². The summed E-state index contributed by atoms with van der Waals surface area (Å²) >= 11 is 0. The van der Waals surface area contributed by atoms with Crippen LogP contribution in [0.5, 0.6) is 0 Å². The predicted molar refractivity (Wildman–Crippen MR) is 73.5 cm³/mol. The van der Waals surface area contributed by atoms with Gasteiger partial charge in [0.2, 0.25) is 5.91 Å². The van der Waals surface area contributed by atoms with Gasteiger partial charge >= 0.3 is 0 Å². The Morgan fingerprint density at radius 2 is 2.00 bits per heavy atom. The van der Waals surface area contributed by atoms with E-state index in [4.69, 9.17) is 14.2 Å². The van der Waals surface area contributed by atoms with Gasteiger partial charge in [-0.15, -0.1) is 0 Å². The second kappa shape index (κ2) is 6.00. The van der Waals surface area contributed by atoms with Crippen LogP contribution in [0.25, 0.3) is 0 Å². The summed E-state index contributed by atoms with van der Waals surface area (Å²) < 4.78 is 17.4. The maximum absolute atomic E-state index is 11.3. The smallest absolute Gasteiger partial charge is 0.219 e. The van der Waals surface area contributed by atoms with Crippen molar-refractivity contribution >= 4 is 5.91 Å². The van der Waals surface area contributed by atoms with E-state index in [0.717, 1.165) is 65.2 Å².